The van der Waals surface area contributed by atoms with Gasteiger partial charge in [0.25, 0.3) is 6.71 Å². The third kappa shape index (κ3) is 8.53. The van der Waals surface area contributed by atoms with Crippen molar-refractivity contribution in [2.75, 3.05) is 19.6 Å². The average molecular weight is 993 g/mol. The first kappa shape index (κ1) is 47.6. The van der Waals surface area contributed by atoms with Crippen LogP contribution >= 0.6 is 0 Å². The van der Waals surface area contributed by atoms with Gasteiger partial charge >= 0.3 is 0 Å². The van der Waals surface area contributed by atoms with Crippen molar-refractivity contribution in [3.63, 3.8) is 0 Å². The Bertz CT molecular complexity index is 3880. The molecule has 0 N–H and O–H groups in total. The molecule has 2 aliphatic rings. The molecule has 0 aliphatic carbocycles. The Morgan fingerprint density at radius 3 is 1.27 bits per heavy atom. The van der Waals surface area contributed by atoms with Gasteiger partial charge in [0.15, 0.2) is 0 Å². The smallest absolute Gasteiger partial charge is 0.252 e. The number of anilines is 12. The Balaban J connectivity index is 1.10. The maximum atomic E-state index is 2.59. The second-order valence-corrected chi connectivity index (χ2v) is 22.7. The Hall–Kier alpha value is -9.06. The molecule has 0 radical (unpaired) electrons. The van der Waals surface area contributed by atoms with Gasteiger partial charge in [-0.2, -0.15) is 0 Å². The van der Waals surface area contributed by atoms with E-state index in [-0.39, 0.29) is 17.5 Å². The molecule has 11 aromatic rings. The molecule has 372 valence electrons. The molecule has 0 amide bonds. The summed E-state index contributed by atoms with van der Waals surface area (Å²) in [4.78, 5) is 9.90. The monoisotopic (exact) mass is 992 g/mol. The Kier molecular flexibility index (Phi) is 11.7. The second-order valence-electron chi connectivity index (χ2n) is 22.7. The van der Waals surface area contributed by atoms with Gasteiger partial charge in [0.1, 0.15) is 0 Å². The SMILES string of the molecule is CC(C)(C)c1ccc(N2c3cc(N(c4ccccc4)c4ccccc4)ccc3B3c4ccc(N(c5ccccc5)c5ccccc5)cc4N(c4ccc(C(C)(C)C)cc4-c4ccc5ccccc5c4)c4cccc2c43)cc1. The fourth-order valence-corrected chi connectivity index (χ4v) is 11.8. The van der Waals surface area contributed by atoms with E-state index in [1.807, 2.05) is 0 Å². The summed E-state index contributed by atoms with van der Waals surface area (Å²) >= 11 is 0. The zero-order valence-corrected chi connectivity index (χ0v) is 44.7. The fourth-order valence-electron chi connectivity index (χ4n) is 11.8. The van der Waals surface area contributed by atoms with Gasteiger partial charge in [0, 0.05) is 68.1 Å². The predicted molar refractivity (Wildman–Crippen MR) is 330 cm³/mol. The Labute approximate surface area is 454 Å². The van der Waals surface area contributed by atoms with Crippen LogP contribution in [0.25, 0.3) is 21.9 Å². The van der Waals surface area contributed by atoms with Crippen LogP contribution < -0.4 is 36.0 Å². The largest absolute Gasteiger partial charge is 0.311 e. The lowest BCUT2D eigenvalue weighted by Crippen LogP contribution is -2.61. The third-order valence-electron chi connectivity index (χ3n) is 15.7. The van der Waals surface area contributed by atoms with E-state index in [9.17, 15) is 0 Å². The maximum absolute atomic E-state index is 2.59. The summed E-state index contributed by atoms with van der Waals surface area (Å²) in [6, 6.07) is 96.6. The Morgan fingerprint density at radius 1 is 0.312 bits per heavy atom. The zero-order chi connectivity index (χ0) is 52.4. The van der Waals surface area contributed by atoms with Crippen molar-refractivity contribution >= 4 is 102 Å². The van der Waals surface area contributed by atoms with E-state index in [0.717, 1.165) is 62.6 Å². The van der Waals surface area contributed by atoms with Crippen LogP contribution in [-0.4, -0.2) is 6.71 Å². The van der Waals surface area contributed by atoms with Crippen molar-refractivity contribution in [1.29, 1.82) is 0 Å². The van der Waals surface area contributed by atoms with Gasteiger partial charge in [0.2, 0.25) is 0 Å². The van der Waals surface area contributed by atoms with Crippen molar-refractivity contribution in [3.05, 3.63) is 272 Å². The molecule has 0 unspecified atom stereocenters. The van der Waals surface area contributed by atoms with E-state index >= 15 is 0 Å². The summed E-state index contributed by atoms with van der Waals surface area (Å²) < 4.78 is 0. The van der Waals surface area contributed by atoms with E-state index in [0.29, 0.717) is 0 Å². The highest BCUT2D eigenvalue weighted by Gasteiger charge is 2.44. The first-order valence-electron chi connectivity index (χ1n) is 27.0. The highest BCUT2D eigenvalue weighted by atomic mass is 15.2. The Morgan fingerprint density at radius 2 is 0.766 bits per heavy atom. The average Bonchev–Trinajstić information content (AvgIpc) is 3.59. The number of benzene rings is 11. The second kappa shape index (κ2) is 19.0. The molecular weight excluding hydrogens is 932 g/mol. The van der Waals surface area contributed by atoms with Gasteiger partial charge in [-0.1, -0.05) is 187 Å². The first-order valence-corrected chi connectivity index (χ1v) is 27.0. The molecule has 4 nitrogen and oxygen atoms in total. The number of hydrogen-bond donors (Lipinski definition) is 0. The molecule has 0 aromatic heterocycles. The lowest BCUT2D eigenvalue weighted by atomic mass is 9.33. The van der Waals surface area contributed by atoms with Crippen LogP contribution in [0.4, 0.5) is 68.2 Å². The normalized spacial score (nSPS) is 12.7. The summed E-state index contributed by atoms with van der Waals surface area (Å²) in [5.74, 6) is 0. The van der Waals surface area contributed by atoms with E-state index in [4.69, 9.17) is 0 Å². The van der Waals surface area contributed by atoms with E-state index in [1.165, 1.54) is 55.1 Å². The van der Waals surface area contributed by atoms with Crippen LogP contribution in [0.2, 0.25) is 0 Å². The summed E-state index contributed by atoms with van der Waals surface area (Å²) in [5, 5.41) is 2.45. The van der Waals surface area contributed by atoms with Crippen molar-refractivity contribution < 1.29 is 0 Å². The van der Waals surface area contributed by atoms with Crippen LogP contribution in [0.15, 0.2) is 261 Å². The highest BCUT2D eigenvalue weighted by Crippen LogP contribution is 2.50. The summed E-state index contributed by atoms with van der Waals surface area (Å²) in [7, 11) is 0. The van der Waals surface area contributed by atoms with Gasteiger partial charge in [-0.3, -0.25) is 0 Å². The minimum Gasteiger partial charge on any atom is -0.311 e. The number of hydrogen-bond acceptors (Lipinski definition) is 4. The molecule has 77 heavy (non-hydrogen) atoms. The van der Waals surface area contributed by atoms with Gasteiger partial charge in [-0.25, -0.2) is 0 Å². The predicted octanol–water partition coefficient (Wildman–Crippen LogP) is 18.1. The van der Waals surface area contributed by atoms with Crippen LogP contribution in [0.1, 0.15) is 52.7 Å². The fraction of sp³-hybridized carbons (Fsp3) is 0.111. The molecule has 0 atom stereocenters. The highest BCUT2D eigenvalue weighted by molar-refractivity contribution is 7.00. The third-order valence-corrected chi connectivity index (χ3v) is 15.7. The lowest BCUT2D eigenvalue weighted by Gasteiger charge is -2.45. The van der Waals surface area contributed by atoms with Crippen molar-refractivity contribution in [2.24, 2.45) is 0 Å². The van der Waals surface area contributed by atoms with E-state index in [1.54, 1.807) is 0 Å². The topological polar surface area (TPSA) is 13.0 Å². The summed E-state index contributed by atoms with van der Waals surface area (Å²) in [6.07, 6.45) is 0. The van der Waals surface area contributed by atoms with Crippen LogP contribution in [0.3, 0.4) is 0 Å². The zero-order valence-electron chi connectivity index (χ0n) is 44.7. The quantitative estimate of drug-likeness (QED) is 0.134. The van der Waals surface area contributed by atoms with Crippen LogP contribution in [0, 0.1) is 0 Å². The van der Waals surface area contributed by atoms with E-state index in [2.05, 4.69) is 322 Å². The standard InChI is InChI=1S/C72H61BN4/c1-71(2,3)53-36-39-59(40-37-53)76-66-32-21-33-67-70(66)73(63-43-41-60(48-68(63)76)74(55-24-11-7-12-25-55)56-26-13-8-14-27-56)64-44-42-61(75(57-28-15-9-16-29-57)58-30-17-10-18-31-58)49-69(64)77(67)65-45-38-54(72(4,5)6)47-62(65)52-35-34-50-22-19-20-23-51(50)46-52/h7-49H,1-6H3. The molecular formula is C72H61BN4. The molecule has 11 aromatic carbocycles. The molecule has 0 fully saturated rings. The van der Waals surface area contributed by atoms with Gasteiger partial charge in [0.05, 0.1) is 5.69 Å². The molecule has 2 aliphatic heterocycles. The number of nitrogens with zero attached hydrogens (tertiary/aromatic N) is 4. The molecule has 5 heteroatoms. The van der Waals surface area contributed by atoms with Crippen molar-refractivity contribution in [1.82, 2.24) is 0 Å². The van der Waals surface area contributed by atoms with Crippen LogP contribution in [-0.2, 0) is 10.8 Å². The summed E-state index contributed by atoms with van der Waals surface area (Å²) in [5.41, 5.74) is 22.1. The minimum absolute atomic E-state index is 0.000661. The number of fused-ring (bicyclic) bond motifs is 5. The van der Waals surface area contributed by atoms with Crippen molar-refractivity contribution in [2.45, 2.75) is 52.4 Å². The van der Waals surface area contributed by atoms with Crippen molar-refractivity contribution in [3.8, 4) is 11.1 Å². The molecule has 0 spiro atoms. The number of rotatable bonds is 9. The molecule has 2 heterocycles. The van der Waals surface area contributed by atoms with E-state index < -0.39 is 0 Å². The van der Waals surface area contributed by atoms with Gasteiger partial charge < -0.3 is 19.6 Å². The summed E-state index contributed by atoms with van der Waals surface area (Å²) in [6.45, 7) is 13.7. The lowest BCUT2D eigenvalue weighted by molar-refractivity contribution is 0.590. The molecule has 0 bridgehead atoms. The van der Waals surface area contributed by atoms with Crippen LogP contribution in [0.5, 0.6) is 0 Å². The molecule has 0 saturated heterocycles. The molecule has 0 saturated carbocycles. The first-order chi connectivity index (χ1) is 37.5. The minimum atomic E-state index is -0.0996. The number of para-hydroxylation sites is 4. The van der Waals surface area contributed by atoms with Gasteiger partial charge in [-0.05, 0) is 170 Å². The molecule has 13 rings (SSSR count). The van der Waals surface area contributed by atoms with Gasteiger partial charge in [-0.15, -0.1) is 0 Å². The maximum Gasteiger partial charge on any atom is 0.252 e.